The van der Waals surface area contributed by atoms with Crippen LogP contribution in [0, 0.1) is 5.92 Å². The van der Waals surface area contributed by atoms with Gasteiger partial charge in [-0.1, -0.05) is 154 Å². The Balaban J connectivity index is 1.26. The first-order valence-corrected chi connectivity index (χ1v) is 51.2. The summed E-state index contributed by atoms with van der Waals surface area (Å²) < 4.78 is 84.9. The Morgan fingerprint density at radius 3 is 1.18 bits per heavy atom. The highest BCUT2D eigenvalue weighted by molar-refractivity contribution is 5.79. The van der Waals surface area contributed by atoms with Gasteiger partial charge in [-0.25, -0.2) is 14.4 Å². The molecule has 51 nitrogen and oxygen atoms in total. The molecule has 7 fully saturated rings. The zero-order chi connectivity index (χ0) is 109. The first-order chi connectivity index (χ1) is 69.9. The van der Waals surface area contributed by atoms with Gasteiger partial charge in [-0.05, 0) is 51.9 Å². The summed E-state index contributed by atoms with van der Waals surface area (Å²) in [6, 6.07) is -7.09. The molecule has 0 aliphatic carbocycles. The van der Waals surface area contributed by atoms with Crippen molar-refractivity contribution in [1.29, 1.82) is 0 Å². The van der Waals surface area contributed by atoms with Gasteiger partial charge in [0.25, 0.3) is 17.4 Å². The Kier molecular flexibility index (Phi) is 54.9. The number of carboxylic acid groups (broad SMARTS) is 3. The van der Waals surface area contributed by atoms with Crippen molar-refractivity contribution in [3.05, 3.63) is 24.3 Å². The lowest BCUT2D eigenvalue weighted by Crippen LogP contribution is -2.72. The van der Waals surface area contributed by atoms with Crippen molar-refractivity contribution in [2.24, 2.45) is 5.92 Å². The summed E-state index contributed by atoms with van der Waals surface area (Å²) in [5.74, 6) is -23.9. The van der Waals surface area contributed by atoms with Gasteiger partial charge < -0.3 is 220 Å². The number of rotatable bonds is 66. The van der Waals surface area contributed by atoms with E-state index in [1.54, 1.807) is 6.08 Å². The molecular weight excluding hydrogens is 1960 g/mol. The molecular formula is C96H164N4O47. The van der Waals surface area contributed by atoms with Crippen LogP contribution in [0.25, 0.3) is 0 Å². The number of ether oxygens (including phenoxy) is 14. The van der Waals surface area contributed by atoms with Crippen molar-refractivity contribution < 1.29 is 232 Å². The molecule has 7 aliphatic rings. The third-order valence-corrected chi connectivity index (χ3v) is 27.5. The van der Waals surface area contributed by atoms with E-state index in [0.717, 1.165) is 111 Å². The molecule has 40 unspecified atom stereocenters. The number of Topliss-reactive ketones (excluding diaryl/α,β-unsaturated/α-hetero) is 1. The fourth-order valence-corrected chi connectivity index (χ4v) is 19.4. The maximum Gasteiger partial charge on any atom is 0.364 e. The molecule has 0 spiro atoms. The van der Waals surface area contributed by atoms with Crippen LogP contribution in [-0.4, -0.2) is 465 Å². The van der Waals surface area contributed by atoms with E-state index >= 15 is 0 Å². The van der Waals surface area contributed by atoms with Crippen LogP contribution < -0.4 is 21.3 Å². The standard InChI is InChI=1S/C96H164N4O47/c1-7-9-11-13-15-17-19-21-22-24-26-28-30-32-34-36-66(118)100-54(55(112)35-33-31-29-27-25-23-20-18-16-14-12-10-8-2)48-134-88-76(125)75(124)80(64(46-106)137-88)140-90-78(127)86(147-96(93(132)133)40-58(115)69(99-52(6)111)84(145-96)74(123)63(45-105)142-94(91(128)129)38-56(113)67(97-50(4)109)82(143-94)70(119)59(116)41-101)81(65(47-107)138-90)141-87-53(37-49(3)108)79(72(121)61(43-103)135-87)139-89-77(126)85(73(122)62(44-104)136-89)146-95(92(130)131)39-57(114)68(98-51(5)110)83(144-95)71(120)60(117)42-102/h21-22,33,35,53-65,67-90,101-107,112-117,119-127H,7-20,23-32,34,36-48H2,1-6H3,(H,97,109)(H,98,110)(H,99,111)(H,100,118)(H,128,129)(H,130,131)(H,132,133). The lowest BCUT2D eigenvalue weighted by molar-refractivity contribution is -0.409. The molecule has 147 heavy (non-hydrogen) atoms. The molecule has 0 bridgehead atoms. The Morgan fingerprint density at radius 2 is 0.755 bits per heavy atom. The highest BCUT2D eigenvalue weighted by Gasteiger charge is 2.66. The van der Waals surface area contributed by atoms with Crippen LogP contribution in [0.3, 0.4) is 0 Å². The van der Waals surface area contributed by atoms with Crippen LogP contribution in [0.5, 0.6) is 0 Å². The lowest BCUT2D eigenvalue weighted by Gasteiger charge is -2.53. The van der Waals surface area contributed by atoms with Crippen LogP contribution in [0.2, 0.25) is 0 Å². The predicted molar refractivity (Wildman–Crippen MR) is 502 cm³/mol. The number of aliphatic carboxylic acids is 3. The number of carboxylic acids is 3. The largest absolute Gasteiger partial charge is 0.477 e. The zero-order valence-electron chi connectivity index (χ0n) is 84.2. The van der Waals surface area contributed by atoms with Crippen molar-refractivity contribution in [1.82, 2.24) is 21.3 Å². The fraction of sp³-hybridized carbons (Fsp3) is 0.875. The third kappa shape index (κ3) is 36.0. The number of carbonyl (C=O) groups is 8. The summed E-state index contributed by atoms with van der Waals surface area (Å²) in [7, 11) is 0. The maximum absolute atomic E-state index is 14.6. The molecule has 0 aromatic heterocycles. The smallest absolute Gasteiger partial charge is 0.364 e. The van der Waals surface area contributed by atoms with Gasteiger partial charge in [0, 0.05) is 58.8 Å². The molecule has 40 atom stereocenters. The number of aliphatic hydroxyl groups excluding tert-OH is 22. The molecule has 7 saturated heterocycles. The number of aliphatic hydroxyl groups is 22. The van der Waals surface area contributed by atoms with Crippen LogP contribution in [-0.2, 0) is 105 Å². The van der Waals surface area contributed by atoms with E-state index in [1.165, 1.54) is 63.9 Å². The first-order valence-electron chi connectivity index (χ1n) is 51.2. The van der Waals surface area contributed by atoms with Crippen molar-refractivity contribution in [3.8, 4) is 0 Å². The van der Waals surface area contributed by atoms with Crippen molar-refractivity contribution in [2.75, 3.05) is 52.9 Å². The minimum atomic E-state index is -3.80. The number of hydrogen-bond donors (Lipinski definition) is 29. The Morgan fingerprint density at radius 1 is 0.388 bits per heavy atom. The highest BCUT2D eigenvalue weighted by Crippen LogP contribution is 2.46. The number of unbranched alkanes of at least 4 members (excludes halogenated alkanes) is 22. The van der Waals surface area contributed by atoms with Crippen molar-refractivity contribution in [2.45, 2.75) is 472 Å². The molecule has 0 saturated carbocycles. The van der Waals surface area contributed by atoms with Crippen LogP contribution >= 0.6 is 0 Å². The van der Waals surface area contributed by atoms with Crippen LogP contribution in [0.1, 0.15) is 234 Å². The quantitative estimate of drug-likeness (QED) is 0.0199. The number of hydrogen-bond acceptors (Lipinski definition) is 44. The third-order valence-electron chi connectivity index (χ3n) is 27.5. The van der Waals surface area contributed by atoms with E-state index in [1.807, 2.05) is 0 Å². The molecule has 51 heteroatoms. The molecule has 850 valence electrons. The van der Waals surface area contributed by atoms with Crippen molar-refractivity contribution >= 4 is 47.3 Å². The van der Waals surface area contributed by atoms with E-state index in [-0.39, 0.29) is 6.42 Å². The van der Waals surface area contributed by atoms with Gasteiger partial charge in [0.2, 0.25) is 23.6 Å². The summed E-state index contributed by atoms with van der Waals surface area (Å²) in [6.07, 6.45) is -47.2. The Bertz CT molecular complexity index is 3970. The molecule has 4 amide bonds. The van der Waals surface area contributed by atoms with Gasteiger partial charge in [0.1, 0.15) is 146 Å². The fourth-order valence-electron chi connectivity index (χ4n) is 19.4. The van der Waals surface area contributed by atoms with Crippen LogP contribution in [0.15, 0.2) is 24.3 Å². The SMILES string of the molecule is CCCCCCCCC=CCCCCCCCC(=O)NC(COC1OC(CO)C(OC2OC(CO)C(OC3OC(CO)C(O)C(OC4OC(CO)C(O)C(OC5(C(=O)O)CC(O)C(NC(C)=O)C(C(O)C(O)CO)O5)C4O)C3CC(C)=O)C(OC3(C(=O)O)CC(O)C(NC(C)=O)C(C(O)C(CO)OC4(C(=O)O)CC(O)C(NC(C)=O)C(C(O)C(O)CO)O4)O3)C2O)C(O)C1O)C(O)C=CCCCCCCCCCCCCC. The molecule has 7 aliphatic heterocycles. The summed E-state index contributed by atoms with van der Waals surface area (Å²) in [5.41, 5.74) is 0. The van der Waals surface area contributed by atoms with E-state index in [0.29, 0.717) is 19.3 Å². The zero-order valence-corrected chi connectivity index (χ0v) is 84.2. The number of allylic oxidation sites excluding steroid dienone is 3. The average Bonchev–Trinajstić information content (AvgIpc) is 0.736. The average molecular weight is 2130 g/mol. The second kappa shape index (κ2) is 63.1. The van der Waals surface area contributed by atoms with Gasteiger partial charge in [-0.3, -0.25) is 19.2 Å². The summed E-state index contributed by atoms with van der Waals surface area (Å²) >= 11 is 0. The van der Waals surface area contributed by atoms with Crippen molar-refractivity contribution in [3.63, 3.8) is 0 Å². The Labute approximate surface area is 852 Å². The number of carbonyl (C=O) groups excluding carboxylic acids is 5. The molecule has 7 heterocycles. The molecule has 0 aromatic rings. The predicted octanol–water partition coefficient (Wildman–Crippen LogP) is -5.83. The van der Waals surface area contributed by atoms with Gasteiger partial charge in [-0.2, -0.15) is 0 Å². The van der Waals surface area contributed by atoms with E-state index in [9.17, 15) is 166 Å². The van der Waals surface area contributed by atoms with Gasteiger partial charge in [0.15, 0.2) is 25.2 Å². The van der Waals surface area contributed by atoms with Gasteiger partial charge in [0.05, 0.1) is 108 Å². The normalized spacial score (nSPS) is 35.6. The van der Waals surface area contributed by atoms with E-state index in [2.05, 4.69) is 47.3 Å². The lowest BCUT2D eigenvalue weighted by atomic mass is 9.86. The molecule has 0 aromatic carbocycles. The molecule has 0 radical (unpaired) electrons. The Hall–Kier alpha value is -6.00. The topological polar surface area (TPSA) is 820 Å². The maximum atomic E-state index is 14.6. The minimum Gasteiger partial charge on any atom is -0.477 e. The summed E-state index contributed by atoms with van der Waals surface area (Å²) in [5, 5.41) is 296. The van der Waals surface area contributed by atoms with Crippen LogP contribution in [0.4, 0.5) is 0 Å². The monoisotopic (exact) mass is 2130 g/mol. The first kappa shape index (κ1) is 128. The molecule has 7 rings (SSSR count). The van der Waals surface area contributed by atoms with E-state index < -0.39 is 369 Å². The highest BCUT2D eigenvalue weighted by atomic mass is 16.8. The number of ketones is 1. The van der Waals surface area contributed by atoms with E-state index in [4.69, 9.17) is 66.3 Å². The number of amides is 4. The van der Waals surface area contributed by atoms with Gasteiger partial charge >= 0.3 is 17.9 Å². The minimum absolute atomic E-state index is 0.0349. The summed E-state index contributed by atoms with van der Waals surface area (Å²) in [4.78, 5) is 108. The second-order valence-electron chi connectivity index (χ2n) is 39.2. The van der Waals surface area contributed by atoms with Gasteiger partial charge in [-0.15, -0.1) is 0 Å². The molecule has 29 N–H and O–H groups in total. The second-order valence-corrected chi connectivity index (χ2v) is 39.2. The summed E-state index contributed by atoms with van der Waals surface area (Å²) in [6.45, 7) is -2.10. The number of nitrogens with one attached hydrogen (secondary N) is 4.